The smallest absolute Gasteiger partial charge is 0.0602 e. The first kappa shape index (κ1) is 61.0. The number of hydrogen-bond acceptors (Lipinski definition) is 4. The van der Waals surface area contributed by atoms with Crippen LogP contribution in [0, 0.1) is 62.1 Å². The second-order valence-corrected chi connectivity index (χ2v) is 31.7. The van der Waals surface area contributed by atoms with Gasteiger partial charge < -0.3 is 0 Å². The average molecular weight is 1070 g/mol. The summed E-state index contributed by atoms with van der Waals surface area (Å²) in [6.45, 7) is 48.4. The van der Waals surface area contributed by atoms with Crippen molar-refractivity contribution in [3.05, 3.63) is 178 Å². The van der Waals surface area contributed by atoms with E-state index in [1.165, 1.54) is 85.6 Å². The summed E-state index contributed by atoms with van der Waals surface area (Å²) < 4.78 is 0. The van der Waals surface area contributed by atoms with Crippen molar-refractivity contribution in [1.82, 2.24) is 19.6 Å². The monoisotopic (exact) mass is 1070 g/mol. The van der Waals surface area contributed by atoms with Crippen LogP contribution in [0.2, 0.25) is 0 Å². The van der Waals surface area contributed by atoms with Gasteiger partial charge in [0.05, 0.1) is 6.04 Å². The molecule has 4 heterocycles. The topological polar surface area (TPSA) is 13.0 Å². The maximum absolute atomic E-state index is 2.61. The lowest BCUT2D eigenvalue weighted by atomic mass is 9.43. The first-order valence-corrected chi connectivity index (χ1v) is 31.4. The van der Waals surface area contributed by atoms with Crippen molar-refractivity contribution in [2.24, 2.45) is 62.1 Å². The second-order valence-electron chi connectivity index (χ2n) is 31.7. The fourth-order valence-corrected chi connectivity index (χ4v) is 14.8. The largest absolute Gasteiger partial charge is 0.298 e. The van der Waals surface area contributed by atoms with Crippen LogP contribution in [0.25, 0.3) is 0 Å². The Balaban J connectivity index is 0.000000131. The van der Waals surface area contributed by atoms with Gasteiger partial charge >= 0.3 is 0 Å². The highest BCUT2D eigenvalue weighted by molar-refractivity contribution is 5.33. The van der Waals surface area contributed by atoms with Crippen molar-refractivity contribution in [2.45, 2.75) is 181 Å². The molecule has 430 valence electrons. The number of hydrogen-bond donors (Lipinski definition) is 0. The van der Waals surface area contributed by atoms with Gasteiger partial charge in [0.25, 0.3) is 0 Å². The molecule has 0 spiro atoms. The molecule has 2 saturated heterocycles. The molecule has 6 fully saturated rings. The molecule has 79 heavy (non-hydrogen) atoms. The molecule has 13 rings (SSSR count). The van der Waals surface area contributed by atoms with Crippen LogP contribution in [0.4, 0.5) is 0 Å². The van der Waals surface area contributed by atoms with Crippen LogP contribution in [0.15, 0.2) is 140 Å². The van der Waals surface area contributed by atoms with Gasteiger partial charge in [-0.1, -0.05) is 243 Å². The molecule has 0 aromatic heterocycles. The molecular formula is C75H110N4. The van der Waals surface area contributed by atoms with Crippen molar-refractivity contribution in [2.75, 3.05) is 45.8 Å². The first-order valence-electron chi connectivity index (χ1n) is 31.4. The van der Waals surface area contributed by atoms with Crippen molar-refractivity contribution >= 4 is 0 Å². The molecule has 4 bridgehead atoms. The van der Waals surface area contributed by atoms with Gasteiger partial charge in [-0.2, -0.15) is 0 Å². The second kappa shape index (κ2) is 25.6. The zero-order valence-corrected chi connectivity index (χ0v) is 52.8. The van der Waals surface area contributed by atoms with Gasteiger partial charge in [0, 0.05) is 72.0 Å². The fourth-order valence-electron chi connectivity index (χ4n) is 14.8. The highest BCUT2D eigenvalue weighted by Gasteiger charge is 2.55. The first-order chi connectivity index (χ1) is 37.2. The molecule has 5 aromatic carbocycles. The minimum atomic E-state index is 0.394. The zero-order chi connectivity index (χ0) is 56.8. The van der Waals surface area contributed by atoms with Crippen LogP contribution in [0.5, 0.6) is 0 Å². The molecule has 0 amide bonds. The Morgan fingerprint density at radius 3 is 1.20 bits per heavy atom. The summed E-state index contributed by atoms with van der Waals surface area (Å²) in [5.41, 5.74) is 13.3. The lowest BCUT2D eigenvalue weighted by Gasteiger charge is -2.62. The standard InChI is InChI=1S/C20H25N.2C14H21N.C14H24.C13H19N/c1-20(2,3)18-14-21(15-18)19(16-10-6-4-7-11-16)17-12-8-5-9-13-17;1-14(2,3)11-15-9-8-12-6-4-5-7-13(12)10-15;1-14(2,3)13-10-15(11-13)9-12-7-5-4-6-8-12;1-13(2,3)14-7-10-4-11(8-14)6-12(5-10)9-14;1-13(2,3)10-14-8-11-6-4-5-7-12(11)9-14/h4-13,18-19H,14-15H2,1-3H3;4-7H,8-11H2,1-3H3;4-8,13H,9-11H2,1-3H3;10-12H,4-9H2,1-3H3;4-7H,8-10H2,1-3H3. The number of benzene rings is 5. The summed E-state index contributed by atoms with van der Waals surface area (Å²) >= 11 is 0. The van der Waals surface area contributed by atoms with Crippen molar-refractivity contribution in [3.63, 3.8) is 0 Å². The van der Waals surface area contributed by atoms with E-state index in [1.807, 2.05) is 0 Å². The van der Waals surface area contributed by atoms with Crippen molar-refractivity contribution < 1.29 is 0 Å². The Morgan fingerprint density at radius 1 is 0.418 bits per heavy atom. The molecule has 4 heteroatoms. The van der Waals surface area contributed by atoms with Gasteiger partial charge in [-0.05, 0) is 146 Å². The number of nitrogens with zero attached hydrogens (tertiary/aromatic N) is 4. The Bertz CT molecular complexity index is 2510. The third kappa shape index (κ3) is 17.3. The molecule has 0 N–H and O–H groups in total. The quantitative estimate of drug-likeness (QED) is 0.161. The maximum Gasteiger partial charge on any atom is 0.0602 e. The van der Waals surface area contributed by atoms with Crippen molar-refractivity contribution in [1.29, 1.82) is 0 Å². The summed E-state index contributed by atoms with van der Waals surface area (Å²) in [5.74, 6) is 5.01. The van der Waals surface area contributed by atoms with E-state index in [-0.39, 0.29) is 0 Å². The molecule has 4 saturated carbocycles. The third-order valence-electron chi connectivity index (χ3n) is 19.3. The van der Waals surface area contributed by atoms with Gasteiger partial charge in [-0.25, -0.2) is 0 Å². The summed E-state index contributed by atoms with van der Waals surface area (Å²) in [6.07, 6.45) is 10.6. The molecule has 0 radical (unpaired) electrons. The summed E-state index contributed by atoms with van der Waals surface area (Å²) in [4.78, 5) is 10.2. The maximum atomic E-state index is 2.61. The average Bonchev–Trinajstić information content (AvgIpc) is 3.95. The molecule has 4 aliphatic heterocycles. The van der Waals surface area contributed by atoms with E-state index in [1.54, 1.807) is 44.1 Å². The van der Waals surface area contributed by atoms with Gasteiger partial charge in [0.1, 0.15) is 0 Å². The molecule has 4 nitrogen and oxygen atoms in total. The van der Waals surface area contributed by atoms with Crippen LogP contribution < -0.4 is 0 Å². The van der Waals surface area contributed by atoms with E-state index in [2.05, 4.69) is 263 Å². The number of rotatable bonds is 7. The van der Waals surface area contributed by atoms with Gasteiger partial charge in [-0.3, -0.25) is 19.6 Å². The van der Waals surface area contributed by atoms with E-state index in [9.17, 15) is 0 Å². The van der Waals surface area contributed by atoms with E-state index in [0.29, 0.717) is 33.1 Å². The van der Waals surface area contributed by atoms with Crippen LogP contribution >= 0.6 is 0 Å². The third-order valence-corrected chi connectivity index (χ3v) is 19.3. The SMILES string of the molecule is CC(C)(C)C12CC3CC(CC(C3)C1)C2.CC(C)(C)C1CN(C(c2ccccc2)c2ccccc2)C1.CC(C)(C)C1CN(Cc2ccccc2)C1.CC(C)(C)CN1CCc2ccccc2C1.CC(C)(C)CN1Cc2ccccc2C1. The highest BCUT2D eigenvalue weighted by Crippen LogP contribution is 2.65. The van der Waals surface area contributed by atoms with Gasteiger partial charge in [0.15, 0.2) is 0 Å². The fraction of sp³-hybridized carbons (Fsp3) is 0.600. The lowest BCUT2D eigenvalue weighted by molar-refractivity contribution is -0.113. The van der Waals surface area contributed by atoms with Crippen LogP contribution in [0.1, 0.15) is 187 Å². The molecule has 0 atom stereocenters. The van der Waals surface area contributed by atoms with Crippen LogP contribution in [-0.2, 0) is 32.6 Å². The minimum Gasteiger partial charge on any atom is -0.298 e. The predicted molar refractivity (Wildman–Crippen MR) is 339 cm³/mol. The molecule has 0 unspecified atom stereocenters. The van der Waals surface area contributed by atoms with Crippen molar-refractivity contribution in [3.8, 4) is 0 Å². The van der Waals surface area contributed by atoms with Crippen LogP contribution in [0.3, 0.4) is 0 Å². The zero-order valence-electron chi connectivity index (χ0n) is 52.8. The highest BCUT2D eigenvalue weighted by atomic mass is 15.2. The van der Waals surface area contributed by atoms with Gasteiger partial charge in [-0.15, -0.1) is 0 Å². The Kier molecular flexibility index (Phi) is 19.8. The summed E-state index contributed by atoms with van der Waals surface area (Å²) in [7, 11) is 0. The van der Waals surface area contributed by atoms with E-state index >= 15 is 0 Å². The molecule has 5 aromatic rings. The summed E-state index contributed by atoms with van der Waals surface area (Å²) in [6, 6.07) is 50.5. The normalized spacial score (nSPS) is 23.5. The molecule has 8 aliphatic rings. The predicted octanol–water partition coefficient (Wildman–Crippen LogP) is 18.3. The Morgan fingerprint density at radius 2 is 0.785 bits per heavy atom. The van der Waals surface area contributed by atoms with E-state index in [0.717, 1.165) is 61.2 Å². The number of likely N-dealkylation sites (tertiary alicyclic amines) is 2. The van der Waals surface area contributed by atoms with E-state index < -0.39 is 0 Å². The van der Waals surface area contributed by atoms with Crippen LogP contribution in [-0.4, -0.2) is 65.4 Å². The number of fused-ring (bicyclic) bond motifs is 2. The Labute approximate surface area is 484 Å². The molecule has 4 aliphatic carbocycles. The minimum absolute atomic E-state index is 0.394. The van der Waals surface area contributed by atoms with Gasteiger partial charge in [0.2, 0.25) is 0 Å². The van der Waals surface area contributed by atoms with E-state index in [4.69, 9.17) is 0 Å². The summed E-state index contributed by atoms with van der Waals surface area (Å²) in [5, 5.41) is 0. The Hall–Kier alpha value is -4.06. The lowest BCUT2D eigenvalue weighted by Crippen LogP contribution is -2.53. The molecular weight excluding hydrogens is 957 g/mol.